The van der Waals surface area contributed by atoms with Crippen molar-refractivity contribution in [1.82, 2.24) is 0 Å². The number of esters is 2. The predicted molar refractivity (Wildman–Crippen MR) is 286 cm³/mol. The average Bonchev–Trinajstić information content (AvgIpc) is 3.57. The minimum absolute atomic E-state index is 0.0482. The van der Waals surface area contributed by atoms with Gasteiger partial charge in [0.15, 0.2) is 18.7 Å². The van der Waals surface area contributed by atoms with E-state index in [0.29, 0.717) is 6.42 Å². The van der Waals surface area contributed by atoms with Crippen LogP contribution in [0.1, 0.15) is 181 Å². The lowest BCUT2D eigenvalue weighted by atomic mass is 9.84. The molecule has 16 atom stereocenters. The Balaban J connectivity index is 1.73. The Labute approximate surface area is 466 Å². The summed E-state index contributed by atoms with van der Waals surface area (Å²) in [7, 11) is -5.65. The van der Waals surface area contributed by atoms with Gasteiger partial charge in [0.25, 0.3) is 0 Å². The minimum atomic E-state index is -5.65. The third kappa shape index (κ3) is 26.2. The van der Waals surface area contributed by atoms with Crippen LogP contribution in [0.25, 0.3) is 0 Å². The quantitative estimate of drug-likeness (QED) is 0.0136. The van der Waals surface area contributed by atoms with Gasteiger partial charge in [0.05, 0.1) is 19.8 Å². The molecule has 0 aromatic rings. The molecule has 3 aliphatic rings. The van der Waals surface area contributed by atoms with Crippen molar-refractivity contribution in [2.24, 2.45) is 0 Å². The van der Waals surface area contributed by atoms with Gasteiger partial charge >= 0.3 is 19.8 Å². The maximum Gasteiger partial charge on any atom is 0.472 e. The number of ether oxygens (including phenoxy) is 6. The zero-order valence-corrected chi connectivity index (χ0v) is 47.5. The number of phosphoric ester groups is 1. The Morgan fingerprint density at radius 1 is 0.506 bits per heavy atom. The third-order valence-electron chi connectivity index (χ3n) is 14.6. The Bertz CT molecular complexity index is 1670. The molecule has 0 bridgehead atoms. The van der Waals surface area contributed by atoms with Crippen LogP contribution >= 0.6 is 7.82 Å². The highest BCUT2D eigenvalue weighted by molar-refractivity contribution is 7.47. The monoisotopic (exact) mass is 1160 g/mol. The van der Waals surface area contributed by atoms with E-state index in [2.05, 4.69) is 13.8 Å². The van der Waals surface area contributed by atoms with Crippen molar-refractivity contribution in [3.63, 3.8) is 0 Å². The number of rotatable bonds is 42. The number of carbonyl (C=O) groups is 2. The van der Waals surface area contributed by atoms with E-state index in [9.17, 15) is 75.2 Å². The number of hydrogen-bond donors (Lipinski definition) is 12. The van der Waals surface area contributed by atoms with Crippen LogP contribution in [0.15, 0.2) is 24.3 Å². The van der Waals surface area contributed by atoms with Crippen LogP contribution in [0.5, 0.6) is 0 Å². The van der Waals surface area contributed by atoms with Crippen LogP contribution in [0, 0.1) is 0 Å². The first-order valence-corrected chi connectivity index (χ1v) is 30.7. The normalized spacial score (nSPS) is 31.6. The molecule has 2 heterocycles. The Kier molecular flexibility index (Phi) is 36.3. The second-order valence-electron chi connectivity index (χ2n) is 21.2. The molecule has 0 aromatic heterocycles. The highest BCUT2D eigenvalue weighted by Crippen LogP contribution is 2.49. The summed E-state index contributed by atoms with van der Waals surface area (Å²) in [6.07, 6.45) is -0.517. The summed E-state index contributed by atoms with van der Waals surface area (Å²) in [5.74, 6) is -1.58. The van der Waals surface area contributed by atoms with Gasteiger partial charge in [-0.15, -0.1) is 0 Å². The summed E-state index contributed by atoms with van der Waals surface area (Å²) in [4.78, 5) is 37.3. The number of carbonyl (C=O) groups excluding carboxylic acids is 2. The summed E-state index contributed by atoms with van der Waals surface area (Å²) < 4.78 is 57.9. The molecule has 16 unspecified atom stereocenters. The topological polar surface area (TPSA) is 368 Å². The van der Waals surface area contributed by atoms with Crippen molar-refractivity contribution in [3.8, 4) is 0 Å². The van der Waals surface area contributed by atoms with E-state index in [0.717, 1.165) is 63.9 Å². The van der Waals surface area contributed by atoms with E-state index in [1.807, 2.05) is 6.08 Å². The van der Waals surface area contributed by atoms with Crippen LogP contribution in [0.4, 0.5) is 0 Å². The van der Waals surface area contributed by atoms with E-state index in [4.69, 9.17) is 37.5 Å². The van der Waals surface area contributed by atoms with Gasteiger partial charge in [-0.25, -0.2) is 9.36 Å². The molecule has 2 aliphatic heterocycles. The van der Waals surface area contributed by atoms with Gasteiger partial charge in [-0.05, 0) is 19.3 Å². The number of phosphoric acid groups is 1. The molecule has 1 aliphatic carbocycles. The highest BCUT2D eigenvalue weighted by Gasteiger charge is 2.58. The maximum atomic E-state index is 14.0. The van der Waals surface area contributed by atoms with Gasteiger partial charge in [0.2, 0.25) is 0 Å². The standard InChI is InChI=1S/C55H99O23P/c1-3-5-7-9-11-13-15-17-18-20-21-23-25-27-29-31-40(58)71-35-37(73-41(59)32-30-28-26-24-22-19-16-14-12-10-8-6-4-2)36-72-79(69,70)78-53-51(76-54-49(67)44(62)42(60)38(33-56)74-54)47(65)46(64)48(66)52(53)77-55-50(68)45(63)43(61)39(34-57)75-55/h25,27,29,31,37-39,42-57,60-68H,3-24,26,28,30,32-36H2,1-2H3,(H,69,70). The fourth-order valence-electron chi connectivity index (χ4n) is 9.74. The van der Waals surface area contributed by atoms with Crippen LogP contribution in [0.3, 0.4) is 0 Å². The molecule has 2 saturated heterocycles. The van der Waals surface area contributed by atoms with Crippen LogP contribution in [-0.2, 0) is 51.6 Å². The van der Waals surface area contributed by atoms with E-state index in [1.165, 1.54) is 102 Å². The molecule has 0 amide bonds. The molecule has 0 aromatic carbocycles. The van der Waals surface area contributed by atoms with E-state index in [1.54, 1.807) is 6.08 Å². The average molecular weight is 1160 g/mol. The molecule has 1 saturated carbocycles. The lowest BCUT2D eigenvalue weighted by molar-refractivity contribution is -0.360. The van der Waals surface area contributed by atoms with Crippen molar-refractivity contribution in [1.29, 1.82) is 0 Å². The van der Waals surface area contributed by atoms with Crippen LogP contribution in [-0.4, -0.2) is 204 Å². The number of allylic oxidation sites excluding steroid dienone is 3. The summed E-state index contributed by atoms with van der Waals surface area (Å²) in [5, 5.41) is 116. The zero-order chi connectivity index (χ0) is 58.2. The number of unbranched alkanes of at least 4 members (excludes halogenated alkanes) is 23. The summed E-state index contributed by atoms with van der Waals surface area (Å²) in [6, 6.07) is 0. The molecule has 0 radical (unpaired) electrons. The van der Waals surface area contributed by atoms with Gasteiger partial charge in [0, 0.05) is 12.5 Å². The molecular weight excluding hydrogens is 1060 g/mol. The fourth-order valence-corrected chi connectivity index (χ4v) is 10.7. The van der Waals surface area contributed by atoms with Crippen molar-refractivity contribution < 1.29 is 113 Å². The van der Waals surface area contributed by atoms with Crippen molar-refractivity contribution in [2.45, 2.75) is 285 Å². The van der Waals surface area contributed by atoms with E-state index >= 15 is 0 Å². The first kappa shape index (κ1) is 71.2. The summed E-state index contributed by atoms with van der Waals surface area (Å²) in [5.41, 5.74) is 0. The van der Waals surface area contributed by atoms with E-state index in [-0.39, 0.29) is 6.42 Å². The molecule has 3 fully saturated rings. The molecular formula is C55H99O23P. The highest BCUT2D eigenvalue weighted by atomic mass is 31.2. The van der Waals surface area contributed by atoms with Crippen molar-refractivity contribution in [3.05, 3.63) is 24.3 Å². The first-order valence-electron chi connectivity index (χ1n) is 29.2. The smallest absolute Gasteiger partial charge is 0.458 e. The van der Waals surface area contributed by atoms with Gasteiger partial charge in [-0.2, -0.15) is 0 Å². The zero-order valence-electron chi connectivity index (χ0n) is 46.6. The van der Waals surface area contributed by atoms with Crippen molar-refractivity contribution in [2.75, 3.05) is 26.4 Å². The Morgan fingerprint density at radius 2 is 0.911 bits per heavy atom. The minimum Gasteiger partial charge on any atom is -0.458 e. The lowest BCUT2D eigenvalue weighted by Crippen LogP contribution is -2.69. The summed E-state index contributed by atoms with van der Waals surface area (Å²) in [6.45, 7) is 0.886. The maximum absolute atomic E-state index is 14.0. The fraction of sp³-hybridized carbons (Fsp3) is 0.891. The van der Waals surface area contributed by atoms with Gasteiger partial charge < -0.3 is 89.5 Å². The molecule has 23 nitrogen and oxygen atoms in total. The molecule has 12 N–H and O–H groups in total. The number of aliphatic hydroxyl groups is 11. The first-order chi connectivity index (χ1) is 37.9. The van der Waals surface area contributed by atoms with Crippen LogP contribution < -0.4 is 0 Å². The van der Waals surface area contributed by atoms with Crippen molar-refractivity contribution >= 4 is 19.8 Å². The Hall–Kier alpha value is -2.07. The molecule has 462 valence electrons. The second kappa shape index (κ2) is 40.2. The Morgan fingerprint density at radius 3 is 1.34 bits per heavy atom. The van der Waals surface area contributed by atoms with Crippen LogP contribution in [0.2, 0.25) is 0 Å². The second-order valence-corrected chi connectivity index (χ2v) is 22.7. The molecule has 3 rings (SSSR count). The molecule has 79 heavy (non-hydrogen) atoms. The molecule has 24 heteroatoms. The number of hydrogen-bond acceptors (Lipinski definition) is 22. The third-order valence-corrected chi connectivity index (χ3v) is 15.6. The van der Waals surface area contributed by atoms with Gasteiger partial charge in [-0.3, -0.25) is 13.8 Å². The molecule has 0 spiro atoms. The largest absolute Gasteiger partial charge is 0.472 e. The predicted octanol–water partition coefficient (Wildman–Crippen LogP) is 3.70. The van der Waals surface area contributed by atoms with E-state index < -0.39 is 150 Å². The lowest BCUT2D eigenvalue weighted by Gasteiger charge is -2.49. The van der Waals surface area contributed by atoms with Gasteiger partial charge in [-0.1, -0.05) is 173 Å². The van der Waals surface area contributed by atoms with Gasteiger partial charge in [0.1, 0.15) is 92.1 Å². The summed E-state index contributed by atoms with van der Waals surface area (Å²) >= 11 is 0. The number of aliphatic hydroxyl groups excluding tert-OH is 11. The SMILES string of the molecule is CCCCCCCCCCCCCC=CC=CC(=O)OCC(COP(=O)(O)OC1C(OC2OC(CO)C(O)C(O)C2O)C(O)C(O)C(O)C1OC1OC(CO)C(O)C(O)C1O)OC(=O)CCCCCCCCCCCCCCC.